The third kappa shape index (κ3) is 2.98. The lowest BCUT2D eigenvalue weighted by molar-refractivity contribution is 0.997. The van der Waals surface area contributed by atoms with E-state index in [-0.39, 0.29) is 0 Å². The van der Waals surface area contributed by atoms with Crippen LogP contribution in [0.15, 0.2) is 60.7 Å². The molecule has 2 aromatic rings. The maximum absolute atomic E-state index is 2.35. The quantitative estimate of drug-likeness (QED) is 0.693. The molecule has 1 heteroatoms. The topological polar surface area (TPSA) is 0 Å². The molecule has 0 fully saturated rings. The molecule has 0 bridgehead atoms. The maximum Gasteiger partial charge on any atom is 0.118 e. The van der Waals surface area contributed by atoms with Gasteiger partial charge < -0.3 is 0 Å². The van der Waals surface area contributed by atoms with E-state index in [1.165, 1.54) is 24.9 Å². The van der Waals surface area contributed by atoms with Gasteiger partial charge in [0.15, 0.2) is 0 Å². The van der Waals surface area contributed by atoms with Crippen molar-refractivity contribution >= 4 is 18.4 Å². The largest absolute Gasteiger partial charge is 0.118 e. The molecule has 0 radical (unpaired) electrons. The van der Waals surface area contributed by atoms with E-state index >= 15 is 0 Å². The van der Waals surface area contributed by atoms with Gasteiger partial charge in [0.2, 0.25) is 0 Å². The third-order valence-electron chi connectivity index (χ3n) is 4.01. The van der Waals surface area contributed by atoms with Gasteiger partial charge in [-0.15, -0.1) is 0 Å². The lowest BCUT2D eigenvalue weighted by Gasteiger charge is -2.32. The molecule has 0 spiro atoms. The molecule has 0 saturated heterocycles. The number of rotatable bonds is 6. The molecule has 0 atom stereocenters. The Labute approximate surface area is 118 Å². The zero-order valence-corrected chi connectivity index (χ0v) is 13.1. The molecule has 0 amide bonds. The fraction of sp³-hybridized carbons (Fsp3) is 0.333. The van der Waals surface area contributed by atoms with Gasteiger partial charge in [-0.1, -0.05) is 97.7 Å². The van der Waals surface area contributed by atoms with Crippen LogP contribution in [0, 0.1) is 0 Å². The van der Waals surface area contributed by atoms with Crippen molar-refractivity contribution in [2.45, 2.75) is 38.8 Å². The summed E-state index contributed by atoms with van der Waals surface area (Å²) in [6.45, 7) is 4.65. The highest BCUT2D eigenvalue weighted by molar-refractivity contribution is 7.02. The van der Waals surface area contributed by atoms with Crippen LogP contribution in [0.25, 0.3) is 0 Å². The van der Waals surface area contributed by atoms with Crippen molar-refractivity contribution in [3.63, 3.8) is 0 Å². The van der Waals surface area contributed by atoms with Crippen molar-refractivity contribution in [2.75, 3.05) is 0 Å². The van der Waals surface area contributed by atoms with E-state index in [0.29, 0.717) is 0 Å². The molecule has 0 aliphatic rings. The number of hydrogen-bond acceptors (Lipinski definition) is 0. The summed E-state index contributed by atoms with van der Waals surface area (Å²) in [6, 6.07) is 25.2. The van der Waals surface area contributed by atoms with E-state index in [1.54, 1.807) is 10.4 Å². The number of benzene rings is 2. The monoisotopic (exact) mass is 268 g/mol. The maximum atomic E-state index is 2.35. The number of hydrogen-bond donors (Lipinski definition) is 0. The predicted molar refractivity (Wildman–Crippen MR) is 88.1 cm³/mol. The van der Waals surface area contributed by atoms with Crippen LogP contribution < -0.4 is 10.4 Å². The van der Waals surface area contributed by atoms with Crippen LogP contribution in [0.1, 0.15) is 26.7 Å². The summed E-state index contributed by atoms with van der Waals surface area (Å²) in [5.41, 5.74) is 0. The molecular weight excluding hydrogens is 244 g/mol. The Bertz CT molecular complexity index is 428. The molecular formula is C18H24Si. The van der Waals surface area contributed by atoms with E-state index in [9.17, 15) is 0 Å². The van der Waals surface area contributed by atoms with E-state index in [4.69, 9.17) is 0 Å². The second kappa shape index (κ2) is 6.72. The standard InChI is InChI=1S/C18H24Si/c1-3-15-19(16-4-2,17-11-7-5-8-12-17)18-13-9-6-10-14-18/h5-14H,3-4,15-16H2,1-2H3. The SMILES string of the molecule is CCC[Si](CCC)(c1ccccc1)c1ccccc1. The normalized spacial score (nSPS) is 11.5. The molecule has 0 aromatic heterocycles. The van der Waals surface area contributed by atoms with Crippen LogP contribution in [0.4, 0.5) is 0 Å². The Morgan fingerprint density at radius 2 is 1.00 bits per heavy atom. The zero-order valence-electron chi connectivity index (χ0n) is 12.1. The average molecular weight is 268 g/mol. The minimum Gasteiger partial charge on any atom is -0.0656 e. The molecule has 2 aromatic carbocycles. The molecule has 2 rings (SSSR count). The smallest absolute Gasteiger partial charge is 0.0656 e. The van der Waals surface area contributed by atoms with Gasteiger partial charge in [0.1, 0.15) is 8.07 Å². The van der Waals surface area contributed by atoms with Crippen molar-refractivity contribution in [1.29, 1.82) is 0 Å². The Hall–Kier alpha value is -1.34. The lowest BCUT2D eigenvalue weighted by atomic mass is 10.4. The van der Waals surface area contributed by atoms with Gasteiger partial charge in [-0.25, -0.2) is 0 Å². The Morgan fingerprint density at radius 1 is 0.632 bits per heavy atom. The summed E-state index contributed by atoms with van der Waals surface area (Å²) in [4.78, 5) is 0. The first-order chi connectivity index (χ1) is 9.33. The van der Waals surface area contributed by atoms with Crippen molar-refractivity contribution in [2.24, 2.45) is 0 Å². The van der Waals surface area contributed by atoms with Gasteiger partial charge in [-0.3, -0.25) is 0 Å². The van der Waals surface area contributed by atoms with E-state index in [0.717, 1.165) is 0 Å². The minimum atomic E-state index is -1.55. The molecule has 19 heavy (non-hydrogen) atoms. The second-order valence-corrected chi connectivity index (χ2v) is 9.63. The average Bonchev–Trinajstić information content (AvgIpc) is 2.49. The van der Waals surface area contributed by atoms with Crippen LogP contribution in [0.5, 0.6) is 0 Å². The third-order valence-corrected chi connectivity index (χ3v) is 9.59. The Morgan fingerprint density at radius 3 is 1.32 bits per heavy atom. The van der Waals surface area contributed by atoms with Gasteiger partial charge in [0.25, 0.3) is 0 Å². The summed E-state index contributed by atoms with van der Waals surface area (Å²) in [7, 11) is -1.55. The minimum absolute atomic E-state index is 1.27. The highest BCUT2D eigenvalue weighted by atomic mass is 28.3. The molecule has 0 unspecified atom stereocenters. The molecule has 0 saturated carbocycles. The van der Waals surface area contributed by atoms with E-state index in [2.05, 4.69) is 74.5 Å². The molecule has 0 aliphatic carbocycles. The van der Waals surface area contributed by atoms with Crippen LogP contribution in [0.3, 0.4) is 0 Å². The van der Waals surface area contributed by atoms with Crippen molar-refractivity contribution in [1.82, 2.24) is 0 Å². The summed E-state index contributed by atoms with van der Waals surface area (Å²) < 4.78 is 0. The van der Waals surface area contributed by atoms with Crippen LogP contribution in [0.2, 0.25) is 12.1 Å². The van der Waals surface area contributed by atoms with Gasteiger partial charge in [0.05, 0.1) is 0 Å². The fourth-order valence-corrected chi connectivity index (χ4v) is 8.34. The Kier molecular flexibility index (Phi) is 4.98. The molecule has 0 nitrogen and oxygen atoms in total. The predicted octanol–water partition coefficient (Wildman–Crippen LogP) is 4.07. The first-order valence-electron chi connectivity index (χ1n) is 7.44. The second-order valence-electron chi connectivity index (χ2n) is 5.31. The van der Waals surface area contributed by atoms with Crippen LogP contribution >= 0.6 is 0 Å². The first kappa shape index (κ1) is 14.1. The summed E-state index contributed by atoms with van der Waals surface area (Å²) in [6.07, 6.45) is 2.55. The Balaban J connectivity index is 2.54. The summed E-state index contributed by atoms with van der Waals surface area (Å²) in [5, 5.41) is 3.20. The van der Waals surface area contributed by atoms with Crippen LogP contribution in [-0.4, -0.2) is 8.07 Å². The summed E-state index contributed by atoms with van der Waals surface area (Å²) in [5.74, 6) is 0. The van der Waals surface area contributed by atoms with Crippen molar-refractivity contribution in [3.8, 4) is 0 Å². The summed E-state index contributed by atoms with van der Waals surface area (Å²) >= 11 is 0. The van der Waals surface area contributed by atoms with E-state index in [1.807, 2.05) is 0 Å². The molecule has 0 aliphatic heterocycles. The van der Waals surface area contributed by atoms with Gasteiger partial charge in [0, 0.05) is 0 Å². The van der Waals surface area contributed by atoms with E-state index < -0.39 is 8.07 Å². The molecule has 100 valence electrons. The first-order valence-corrected chi connectivity index (χ1v) is 9.86. The van der Waals surface area contributed by atoms with Gasteiger partial charge >= 0.3 is 0 Å². The van der Waals surface area contributed by atoms with Crippen molar-refractivity contribution in [3.05, 3.63) is 60.7 Å². The lowest BCUT2D eigenvalue weighted by Crippen LogP contribution is -2.57. The van der Waals surface area contributed by atoms with Gasteiger partial charge in [-0.2, -0.15) is 0 Å². The van der Waals surface area contributed by atoms with Crippen LogP contribution in [-0.2, 0) is 0 Å². The zero-order chi connectivity index (χ0) is 13.6. The molecule has 0 N–H and O–H groups in total. The fourth-order valence-electron chi connectivity index (χ4n) is 3.24. The molecule has 0 heterocycles. The van der Waals surface area contributed by atoms with Crippen molar-refractivity contribution < 1.29 is 0 Å². The highest BCUT2D eigenvalue weighted by Gasteiger charge is 2.34. The van der Waals surface area contributed by atoms with Gasteiger partial charge in [-0.05, 0) is 12.1 Å². The highest BCUT2D eigenvalue weighted by Crippen LogP contribution is 2.20.